The molecule has 0 bridgehead atoms. The Morgan fingerprint density at radius 2 is 2.09 bits per heavy atom. The number of allylic oxidation sites excluding steroid dienone is 1. The minimum atomic E-state index is -0.861. The van der Waals surface area contributed by atoms with E-state index in [1.54, 1.807) is 0 Å². The summed E-state index contributed by atoms with van der Waals surface area (Å²) < 4.78 is 0. The van der Waals surface area contributed by atoms with Crippen LogP contribution in [0.25, 0.3) is 5.70 Å². The van der Waals surface area contributed by atoms with Crippen molar-refractivity contribution in [3.8, 4) is 0 Å². The molecule has 0 aliphatic carbocycles. The number of benzene rings is 1. The van der Waals surface area contributed by atoms with Crippen LogP contribution >= 0.6 is 0 Å². The predicted octanol–water partition coefficient (Wildman–Crippen LogP) is 3.77. The normalized spacial score (nSPS) is 24.1. The fourth-order valence-electron chi connectivity index (χ4n) is 3.69. The van der Waals surface area contributed by atoms with E-state index in [9.17, 15) is 9.90 Å². The maximum atomic E-state index is 11.6. The number of fused-ring (bicyclic) bond motifs is 1. The maximum absolute atomic E-state index is 11.6. The third-order valence-electron chi connectivity index (χ3n) is 5.46. The zero-order chi connectivity index (χ0) is 16.8. The number of amides is 1. The van der Waals surface area contributed by atoms with Gasteiger partial charge < -0.3 is 5.11 Å². The Morgan fingerprint density at radius 3 is 2.78 bits per heavy atom. The Balaban J connectivity index is 2.01. The first-order valence-corrected chi connectivity index (χ1v) is 8.36. The minimum Gasteiger partial charge on any atom is -0.465 e. The van der Waals surface area contributed by atoms with Gasteiger partial charge in [0.2, 0.25) is 0 Å². The van der Waals surface area contributed by atoms with Crippen LogP contribution in [-0.4, -0.2) is 41.1 Å². The fraction of sp³-hybridized carbons (Fsp3) is 0.526. The van der Waals surface area contributed by atoms with Crippen LogP contribution in [-0.2, 0) is 12.0 Å². The monoisotopic (exact) mass is 314 g/mol. The second kappa shape index (κ2) is 5.68. The molecule has 4 heteroatoms. The van der Waals surface area contributed by atoms with Crippen molar-refractivity contribution < 1.29 is 9.90 Å². The summed E-state index contributed by atoms with van der Waals surface area (Å²) in [5.74, 6) is 0.375. The number of carboxylic acid groups (broad SMARTS) is 1. The van der Waals surface area contributed by atoms with Crippen molar-refractivity contribution in [2.75, 3.05) is 20.1 Å². The van der Waals surface area contributed by atoms with Crippen molar-refractivity contribution >= 4 is 11.8 Å². The quantitative estimate of drug-likeness (QED) is 0.858. The van der Waals surface area contributed by atoms with Crippen LogP contribution in [0, 0.1) is 5.92 Å². The van der Waals surface area contributed by atoms with Crippen molar-refractivity contribution in [3.63, 3.8) is 0 Å². The van der Waals surface area contributed by atoms with Gasteiger partial charge in [-0.1, -0.05) is 25.1 Å². The number of hydrogen-bond donors (Lipinski definition) is 1. The van der Waals surface area contributed by atoms with Crippen molar-refractivity contribution in [1.29, 1.82) is 0 Å². The Kier molecular flexibility index (Phi) is 3.96. The van der Waals surface area contributed by atoms with E-state index in [4.69, 9.17) is 0 Å². The lowest BCUT2D eigenvalue weighted by Gasteiger charge is -2.42. The number of rotatable bonds is 1. The smallest absolute Gasteiger partial charge is 0.411 e. The van der Waals surface area contributed by atoms with Gasteiger partial charge in [0.25, 0.3) is 0 Å². The molecule has 124 valence electrons. The number of hydrogen-bond acceptors (Lipinski definition) is 2. The highest BCUT2D eigenvalue weighted by atomic mass is 16.4. The maximum Gasteiger partial charge on any atom is 0.411 e. The Hall–Kier alpha value is -1.81. The lowest BCUT2D eigenvalue weighted by atomic mass is 9.82. The first-order valence-electron chi connectivity index (χ1n) is 8.36. The van der Waals surface area contributed by atoms with E-state index in [0.29, 0.717) is 12.5 Å². The molecule has 2 aliphatic rings. The Morgan fingerprint density at radius 1 is 1.35 bits per heavy atom. The molecule has 2 aliphatic heterocycles. The van der Waals surface area contributed by atoms with E-state index in [2.05, 4.69) is 57.0 Å². The van der Waals surface area contributed by atoms with E-state index in [1.165, 1.54) is 16.0 Å². The predicted molar refractivity (Wildman–Crippen MR) is 92.3 cm³/mol. The van der Waals surface area contributed by atoms with E-state index in [0.717, 1.165) is 30.6 Å². The second-order valence-electron chi connectivity index (χ2n) is 7.43. The summed E-state index contributed by atoms with van der Waals surface area (Å²) >= 11 is 0. The molecule has 3 rings (SSSR count). The standard InChI is InChI=1S/C19H26N2O2/c1-13-5-8-17(21(12-13)18(22)23)15-6-7-16-14(11-15)9-10-20(4)19(16,2)3/h6-8,11,13H,5,9-10,12H2,1-4H3,(H,22,23). The fourth-order valence-corrected chi connectivity index (χ4v) is 3.69. The molecule has 0 spiro atoms. The van der Waals surface area contributed by atoms with Gasteiger partial charge >= 0.3 is 6.09 Å². The summed E-state index contributed by atoms with van der Waals surface area (Å²) in [7, 11) is 2.16. The van der Waals surface area contributed by atoms with E-state index >= 15 is 0 Å². The summed E-state index contributed by atoms with van der Waals surface area (Å²) in [6.45, 7) is 8.19. The van der Waals surface area contributed by atoms with Crippen LogP contribution in [0.15, 0.2) is 24.3 Å². The zero-order valence-corrected chi connectivity index (χ0v) is 14.5. The third-order valence-corrected chi connectivity index (χ3v) is 5.46. The van der Waals surface area contributed by atoms with Gasteiger partial charge in [-0.05, 0) is 62.4 Å². The van der Waals surface area contributed by atoms with Crippen LogP contribution in [0.1, 0.15) is 43.9 Å². The lowest BCUT2D eigenvalue weighted by molar-refractivity contribution is 0.143. The highest BCUT2D eigenvalue weighted by Gasteiger charge is 2.32. The van der Waals surface area contributed by atoms with Gasteiger partial charge in [0, 0.05) is 18.6 Å². The van der Waals surface area contributed by atoms with Crippen molar-refractivity contribution in [1.82, 2.24) is 9.80 Å². The molecular weight excluding hydrogens is 288 g/mol. The molecule has 2 heterocycles. The first-order chi connectivity index (χ1) is 10.8. The van der Waals surface area contributed by atoms with Crippen LogP contribution in [0.5, 0.6) is 0 Å². The highest BCUT2D eigenvalue weighted by Crippen LogP contribution is 2.36. The van der Waals surface area contributed by atoms with Gasteiger partial charge in [0.1, 0.15) is 0 Å². The lowest BCUT2D eigenvalue weighted by Crippen LogP contribution is -2.44. The molecule has 23 heavy (non-hydrogen) atoms. The molecule has 1 N–H and O–H groups in total. The molecular formula is C19H26N2O2. The largest absolute Gasteiger partial charge is 0.465 e. The van der Waals surface area contributed by atoms with Gasteiger partial charge in [0.15, 0.2) is 0 Å². The van der Waals surface area contributed by atoms with Gasteiger partial charge in [-0.2, -0.15) is 0 Å². The van der Waals surface area contributed by atoms with Crippen molar-refractivity contribution in [2.45, 2.75) is 39.2 Å². The SMILES string of the molecule is CC1CC=C(c2ccc3c(c2)CCN(C)C3(C)C)N(C(=O)O)C1. The zero-order valence-electron chi connectivity index (χ0n) is 14.5. The number of carbonyl (C=O) groups is 1. The third kappa shape index (κ3) is 2.76. The Labute approximate surface area is 138 Å². The van der Waals surface area contributed by atoms with E-state index in [-0.39, 0.29) is 5.54 Å². The summed E-state index contributed by atoms with van der Waals surface area (Å²) in [5, 5.41) is 9.52. The molecule has 0 aromatic heterocycles. The molecule has 0 fully saturated rings. The van der Waals surface area contributed by atoms with Crippen molar-refractivity contribution in [3.05, 3.63) is 41.0 Å². The Bertz CT molecular complexity index is 663. The van der Waals surface area contributed by atoms with Crippen LogP contribution < -0.4 is 0 Å². The summed E-state index contributed by atoms with van der Waals surface area (Å²) in [6, 6.07) is 6.46. The molecule has 0 radical (unpaired) electrons. The molecule has 1 atom stereocenters. The van der Waals surface area contributed by atoms with Gasteiger partial charge in [-0.3, -0.25) is 9.80 Å². The van der Waals surface area contributed by atoms with Crippen LogP contribution in [0.3, 0.4) is 0 Å². The van der Waals surface area contributed by atoms with Gasteiger partial charge in [-0.25, -0.2) is 4.79 Å². The van der Waals surface area contributed by atoms with Crippen molar-refractivity contribution in [2.24, 2.45) is 5.92 Å². The number of likely N-dealkylation sites (N-methyl/N-ethyl adjacent to an activating group) is 1. The summed E-state index contributed by atoms with van der Waals surface area (Å²) in [5.41, 5.74) is 4.58. The molecule has 0 saturated carbocycles. The van der Waals surface area contributed by atoms with E-state index in [1.807, 2.05) is 0 Å². The second-order valence-corrected chi connectivity index (χ2v) is 7.43. The first kappa shape index (κ1) is 16.1. The molecule has 1 amide bonds. The molecule has 0 saturated heterocycles. The average Bonchev–Trinajstić information content (AvgIpc) is 2.51. The molecule has 1 unspecified atom stereocenters. The van der Waals surface area contributed by atoms with Gasteiger partial charge in [-0.15, -0.1) is 0 Å². The van der Waals surface area contributed by atoms with Gasteiger partial charge in [0.05, 0.1) is 5.70 Å². The highest BCUT2D eigenvalue weighted by molar-refractivity contribution is 5.81. The topological polar surface area (TPSA) is 43.8 Å². The molecule has 4 nitrogen and oxygen atoms in total. The average molecular weight is 314 g/mol. The van der Waals surface area contributed by atoms with E-state index < -0.39 is 6.09 Å². The van der Waals surface area contributed by atoms with Crippen LogP contribution in [0.4, 0.5) is 4.79 Å². The number of nitrogens with zero attached hydrogens (tertiary/aromatic N) is 2. The minimum absolute atomic E-state index is 0.0219. The van der Waals surface area contributed by atoms with Crippen LogP contribution in [0.2, 0.25) is 0 Å². The summed E-state index contributed by atoms with van der Waals surface area (Å²) in [6.07, 6.45) is 3.16. The summed E-state index contributed by atoms with van der Waals surface area (Å²) in [4.78, 5) is 15.5. The molecule has 1 aromatic carbocycles. The molecule has 1 aromatic rings.